The van der Waals surface area contributed by atoms with Gasteiger partial charge in [-0.25, -0.2) is 0 Å². The highest BCUT2D eigenvalue weighted by Gasteiger charge is 2.17. The van der Waals surface area contributed by atoms with Crippen molar-refractivity contribution in [2.24, 2.45) is 0 Å². The van der Waals surface area contributed by atoms with Gasteiger partial charge < -0.3 is 4.42 Å². The fourth-order valence-corrected chi connectivity index (χ4v) is 5.60. The first-order valence-corrected chi connectivity index (χ1v) is 13.3. The summed E-state index contributed by atoms with van der Waals surface area (Å²) in [5.74, 6) is 0. The van der Waals surface area contributed by atoms with Crippen molar-refractivity contribution in [2.75, 3.05) is 0 Å². The van der Waals surface area contributed by atoms with E-state index in [0.29, 0.717) is 21.5 Å². The van der Waals surface area contributed by atoms with Gasteiger partial charge in [-0.05, 0) is 95.9 Å². The van der Waals surface area contributed by atoms with Crippen molar-refractivity contribution >= 4 is 54.3 Å². The topological polar surface area (TPSA) is 13.1 Å². The molecule has 0 spiro atoms. The van der Waals surface area contributed by atoms with Gasteiger partial charge >= 0.3 is 0 Å². The molecule has 200 valence electrons. The van der Waals surface area contributed by atoms with Gasteiger partial charge in [-0.3, -0.25) is 0 Å². The Morgan fingerprint density at radius 1 is 0.372 bits per heavy atom. The van der Waals surface area contributed by atoms with Gasteiger partial charge in [0.1, 0.15) is 11.2 Å². The first-order chi connectivity index (χ1) is 28.8. The lowest BCUT2D eigenvalue weighted by Crippen LogP contribution is -1.91. The second-order valence-electron chi connectivity index (χ2n) is 9.85. The van der Waals surface area contributed by atoms with E-state index in [1.54, 1.807) is 48.5 Å². The summed E-state index contributed by atoms with van der Waals surface area (Å²) in [5.41, 5.74) is -1.53. The van der Waals surface area contributed by atoms with Crippen LogP contribution in [0.15, 0.2) is 162 Å². The lowest BCUT2D eigenvalue weighted by Gasteiger charge is -2.18. The molecule has 0 aliphatic carbocycles. The first kappa shape index (κ1) is 12.3. The molecule has 0 saturated heterocycles. The standard InChI is InChI=1S/C42H26O/c1-2-11-28-24-32(21-20-27(28)10-1)42-36-17-5-3-15-34(36)41(35-16-4-6-18-37(35)42)31-13-9-12-29(25-31)30-22-23-40-38(26-30)33-14-7-8-19-39(33)43-40/h1-26H/i1D,2D,7D,8D,9D,10D,11D,12D,13D,14D,19D,20D,21D,22D,23D,24D,25D,26D. The maximum atomic E-state index is 9.72. The normalized spacial score (nSPS) is 17.6. The van der Waals surface area contributed by atoms with Gasteiger partial charge in [-0.2, -0.15) is 0 Å². The van der Waals surface area contributed by atoms with E-state index in [0.717, 1.165) is 0 Å². The van der Waals surface area contributed by atoms with Crippen molar-refractivity contribution in [3.63, 3.8) is 0 Å². The molecule has 1 nitrogen and oxygen atoms in total. The molecule has 0 aliphatic heterocycles. The van der Waals surface area contributed by atoms with E-state index in [2.05, 4.69) is 0 Å². The van der Waals surface area contributed by atoms with E-state index in [4.69, 9.17) is 22.2 Å². The van der Waals surface area contributed by atoms with Gasteiger partial charge in [0.15, 0.2) is 0 Å². The Kier molecular flexibility index (Phi) is 2.70. The van der Waals surface area contributed by atoms with Crippen molar-refractivity contribution in [3.8, 4) is 33.4 Å². The second kappa shape index (κ2) is 9.44. The summed E-state index contributed by atoms with van der Waals surface area (Å²) in [6.07, 6.45) is 0. The number of benzene rings is 8. The minimum atomic E-state index is -0.708. The van der Waals surface area contributed by atoms with Crippen LogP contribution in [0.4, 0.5) is 0 Å². The Morgan fingerprint density at radius 3 is 1.67 bits per heavy atom. The Hall–Kier alpha value is -5.66. The largest absolute Gasteiger partial charge is 0.456 e. The monoisotopic (exact) mass is 564 g/mol. The van der Waals surface area contributed by atoms with Crippen LogP contribution in [0.2, 0.25) is 0 Å². The summed E-state index contributed by atoms with van der Waals surface area (Å²) in [6.45, 7) is 0. The summed E-state index contributed by atoms with van der Waals surface area (Å²) in [7, 11) is 0. The van der Waals surface area contributed by atoms with E-state index in [9.17, 15) is 6.85 Å². The van der Waals surface area contributed by atoms with Gasteiger partial charge in [0, 0.05) is 10.8 Å². The molecule has 0 N–H and O–H groups in total. The smallest absolute Gasteiger partial charge is 0.135 e. The van der Waals surface area contributed by atoms with Crippen LogP contribution in [-0.4, -0.2) is 0 Å². The summed E-state index contributed by atoms with van der Waals surface area (Å²) in [6, 6.07) is 2.64. The number of furan rings is 1. The molecule has 43 heavy (non-hydrogen) atoms. The predicted octanol–water partition coefficient (Wildman–Crippen LogP) is 12.0. The molecule has 0 bridgehead atoms. The molecule has 0 radical (unpaired) electrons. The molecule has 0 aliphatic rings. The SMILES string of the molecule is [2H]c1c([2H])c(-c2c([2H])c([2H])c3oc4c([2H])c([2H])c([2H])c([2H])c4c3c2[2H])c([2H])c(-c2c3ccccc3c(-c3c([2H])c([2H])c4c([2H])c([2H])c([2H])c([2H])c4c3[2H])c3ccccc23)c1[2H]. The van der Waals surface area contributed by atoms with Gasteiger partial charge in [0.2, 0.25) is 0 Å². The molecule has 1 aromatic heterocycles. The van der Waals surface area contributed by atoms with Crippen LogP contribution in [0.1, 0.15) is 24.7 Å². The zero-order valence-electron chi connectivity index (χ0n) is 40.0. The third kappa shape index (κ3) is 3.79. The van der Waals surface area contributed by atoms with Crippen molar-refractivity contribution in [3.05, 3.63) is 157 Å². The quantitative estimate of drug-likeness (QED) is 0.195. The predicted molar refractivity (Wildman–Crippen MR) is 183 cm³/mol. The van der Waals surface area contributed by atoms with Crippen LogP contribution in [0.25, 0.3) is 87.6 Å². The lowest BCUT2D eigenvalue weighted by atomic mass is 9.85. The van der Waals surface area contributed by atoms with E-state index < -0.39 is 120 Å². The number of para-hydroxylation sites is 1. The van der Waals surface area contributed by atoms with E-state index in [1.165, 1.54) is 0 Å². The van der Waals surface area contributed by atoms with Crippen molar-refractivity contribution in [1.82, 2.24) is 0 Å². The zero-order valence-corrected chi connectivity index (χ0v) is 22.0. The van der Waals surface area contributed by atoms with E-state index >= 15 is 0 Å². The van der Waals surface area contributed by atoms with E-state index in [1.807, 2.05) is 0 Å². The molecular formula is C42H26O. The molecule has 0 amide bonds. The number of fused-ring (bicyclic) bond motifs is 6. The highest BCUT2D eigenvalue weighted by atomic mass is 16.3. The van der Waals surface area contributed by atoms with Gasteiger partial charge in [0.25, 0.3) is 0 Å². The Bertz CT molecular complexity index is 3460. The fraction of sp³-hybridized carbons (Fsp3) is 0. The molecule has 0 saturated carbocycles. The number of hydrogen-bond donors (Lipinski definition) is 0. The minimum absolute atomic E-state index is 0.110. The van der Waals surface area contributed by atoms with Crippen molar-refractivity contribution in [1.29, 1.82) is 0 Å². The number of hydrogen-bond acceptors (Lipinski definition) is 1. The molecule has 0 atom stereocenters. The molecule has 0 fully saturated rings. The Balaban J connectivity index is 1.43. The van der Waals surface area contributed by atoms with Gasteiger partial charge in [-0.15, -0.1) is 0 Å². The van der Waals surface area contributed by atoms with Gasteiger partial charge in [0.05, 0.1) is 24.7 Å². The van der Waals surface area contributed by atoms with Crippen LogP contribution in [0.3, 0.4) is 0 Å². The van der Waals surface area contributed by atoms with Crippen LogP contribution in [0.5, 0.6) is 0 Å². The summed E-state index contributed by atoms with van der Waals surface area (Å²) < 4.78 is 165. The Labute approximate surface area is 274 Å². The Morgan fingerprint density at radius 2 is 0.930 bits per heavy atom. The summed E-state index contributed by atoms with van der Waals surface area (Å²) >= 11 is 0. The second-order valence-corrected chi connectivity index (χ2v) is 9.85. The lowest BCUT2D eigenvalue weighted by molar-refractivity contribution is 0.669. The molecule has 9 aromatic rings. The highest BCUT2D eigenvalue weighted by molar-refractivity contribution is 6.22. The average Bonchev–Trinajstić information content (AvgIpc) is 3.66. The maximum Gasteiger partial charge on any atom is 0.135 e. The summed E-state index contributed by atoms with van der Waals surface area (Å²) in [5, 5.41) is 0.314. The minimum Gasteiger partial charge on any atom is -0.456 e. The molecule has 1 heterocycles. The maximum absolute atomic E-state index is 9.72. The first-order valence-electron chi connectivity index (χ1n) is 22.3. The molecule has 0 unspecified atom stereocenters. The third-order valence-corrected chi connectivity index (χ3v) is 7.44. The molecule has 8 aromatic carbocycles. The molecular weight excluding hydrogens is 520 g/mol. The van der Waals surface area contributed by atoms with E-state index in [-0.39, 0.29) is 55.0 Å². The number of rotatable bonds is 3. The van der Waals surface area contributed by atoms with Crippen LogP contribution < -0.4 is 0 Å². The molecule has 9 rings (SSSR count). The fourth-order valence-electron chi connectivity index (χ4n) is 5.60. The van der Waals surface area contributed by atoms with Crippen LogP contribution in [0, 0.1) is 0 Å². The van der Waals surface area contributed by atoms with Crippen molar-refractivity contribution in [2.45, 2.75) is 0 Å². The highest BCUT2D eigenvalue weighted by Crippen LogP contribution is 2.44. The third-order valence-electron chi connectivity index (χ3n) is 7.44. The van der Waals surface area contributed by atoms with Crippen LogP contribution in [-0.2, 0) is 0 Å². The average molecular weight is 565 g/mol. The van der Waals surface area contributed by atoms with Gasteiger partial charge in [-0.1, -0.05) is 127 Å². The molecule has 1 heteroatoms. The zero-order chi connectivity index (χ0) is 44.0. The van der Waals surface area contributed by atoms with Crippen LogP contribution >= 0.6 is 0 Å². The van der Waals surface area contributed by atoms with Crippen molar-refractivity contribution < 1.29 is 29.1 Å². The summed E-state index contributed by atoms with van der Waals surface area (Å²) in [4.78, 5) is 0.